The molecule has 188 valence electrons. The molecule has 0 bridgehead atoms. The van der Waals surface area contributed by atoms with Crippen LogP contribution in [0.25, 0.3) is 0 Å². The Hall–Kier alpha value is -3.31. The van der Waals surface area contributed by atoms with Crippen molar-refractivity contribution in [3.63, 3.8) is 0 Å². The number of carboxylic acids is 1. The van der Waals surface area contributed by atoms with Crippen LogP contribution in [0.4, 0.5) is 0 Å². The average Bonchev–Trinajstić information content (AvgIpc) is 3.12. The monoisotopic (exact) mass is 505 g/mol. The van der Waals surface area contributed by atoms with E-state index in [2.05, 4.69) is 52.0 Å². The fourth-order valence-corrected chi connectivity index (χ4v) is 4.92. The zero-order valence-corrected chi connectivity index (χ0v) is 21.9. The minimum absolute atomic E-state index is 0.104. The highest BCUT2D eigenvalue weighted by atomic mass is 35.5. The summed E-state index contributed by atoms with van der Waals surface area (Å²) in [4.78, 5) is 26.1. The molecule has 1 amide bonds. The van der Waals surface area contributed by atoms with Gasteiger partial charge in [-0.25, -0.2) is 0 Å². The number of hydrogen-bond donors (Lipinski definition) is 1. The Labute approximate surface area is 217 Å². The molecule has 0 fully saturated rings. The number of carboxylic acid groups (broad SMARTS) is 1. The second-order valence-corrected chi connectivity index (χ2v) is 11.3. The molecular formula is C30H32ClNO4. The van der Waals surface area contributed by atoms with Crippen LogP contribution in [0.3, 0.4) is 0 Å². The molecule has 5 nitrogen and oxygen atoms in total. The van der Waals surface area contributed by atoms with Gasteiger partial charge in [-0.15, -0.1) is 0 Å². The van der Waals surface area contributed by atoms with E-state index in [0.29, 0.717) is 17.0 Å². The van der Waals surface area contributed by atoms with E-state index in [-0.39, 0.29) is 17.9 Å². The highest BCUT2D eigenvalue weighted by molar-refractivity contribution is 6.30. The van der Waals surface area contributed by atoms with E-state index < -0.39 is 18.1 Å². The van der Waals surface area contributed by atoms with Crippen molar-refractivity contribution >= 4 is 23.5 Å². The minimum atomic E-state index is -1.07. The van der Waals surface area contributed by atoms with Crippen LogP contribution in [0, 0.1) is 0 Å². The molecule has 3 aromatic carbocycles. The smallest absolute Gasteiger partial charge is 0.323 e. The van der Waals surface area contributed by atoms with E-state index in [1.54, 1.807) is 24.3 Å². The van der Waals surface area contributed by atoms with Crippen LogP contribution in [-0.2, 0) is 29.6 Å². The normalized spacial score (nSPS) is 16.8. The first-order valence-electron chi connectivity index (χ1n) is 12.1. The second-order valence-electron chi connectivity index (χ2n) is 10.9. The number of nitrogens with zero attached hydrogens (tertiary/aromatic N) is 1. The van der Waals surface area contributed by atoms with Gasteiger partial charge in [0.15, 0.2) is 0 Å². The maximum atomic E-state index is 13.3. The fraction of sp³-hybridized carbons (Fsp3) is 0.333. The van der Waals surface area contributed by atoms with E-state index in [9.17, 15) is 14.7 Å². The first-order chi connectivity index (χ1) is 16.9. The summed E-state index contributed by atoms with van der Waals surface area (Å²) in [5, 5.41) is 9.94. The Kier molecular flexibility index (Phi) is 7.14. The lowest BCUT2D eigenvalue weighted by atomic mass is 9.85. The van der Waals surface area contributed by atoms with E-state index in [1.807, 2.05) is 18.2 Å². The van der Waals surface area contributed by atoms with Crippen LogP contribution < -0.4 is 4.74 Å². The van der Waals surface area contributed by atoms with Gasteiger partial charge >= 0.3 is 5.97 Å². The van der Waals surface area contributed by atoms with Crippen molar-refractivity contribution in [3.8, 4) is 5.75 Å². The molecule has 0 spiro atoms. The molecule has 36 heavy (non-hydrogen) atoms. The summed E-state index contributed by atoms with van der Waals surface area (Å²) in [6.45, 7) is 8.44. The van der Waals surface area contributed by atoms with E-state index in [0.717, 1.165) is 23.3 Å². The number of amides is 1. The highest BCUT2D eigenvalue weighted by Crippen LogP contribution is 2.38. The third kappa shape index (κ3) is 6.08. The van der Waals surface area contributed by atoms with E-state index in [4.69, 9.17) is 16.3 Å². The Balaban J connectivity index is 1.50. The van der Waals surface area contributed by atoms with Gasteiger partial charge < -0.3 is 14.7 Å². The summed E-state index contributed by atoms with van der Waals surface area (Å²) in [6.07, 6.45) is 1.41. The Morgan fingerprint density at radius 3 is 2.39 bits per heavy atom. The second kappa shape index (κ2) is 9.98. The van der Waals surface area contributed by atoms with Crippen molar-refractivity contribution in [3.05, 3.63) is 99.6 Å². The van der Waals surface area contributed by atoms with Crippen LogP contribution >= 0.6 is 11.6 Å². The number of rotatable bonds is 7. The van der Waals surface area contributed by atoms with Crippen LogP contribution in [0.5, 0.6) is 5.75 Å². The molecule has 1 aliphatic heterocycles. The topological polar surface area (TPSA) is 66.8 Å². The molecule has 1 atom stereocenters. The number of benzene rings is 3. The van der Waals surface area contributed by atoms with Crippen molar-refractivity contribution < 1.29 is 19.4 Å². The molecule has 0 saturated carbocycles. The van der Waals surface area contributed by atoms with E-state index in [1.165, 1.54) is 16.0 Å². The standard InChI is InChI=1S/C30H32ClNO4/c1-29(2,3)24-11-8-20(9-12-24)16-30(4)17-23-15-22(10-13-26(23)36-30)28(35)32(19-27(33)34)18-21-6-5-7-25(31)14-21/h5-15H,16-19H2,1-4H3,(H,33,34)/t30-/m1/s1. The highest BCUT2D eigenvalue weighted by Gasteiger charge is 2.35. The maximum Gasteiger partial charge on any atom is 0.323 e. The number of halogens is 1. The first-order valence-corrected chi connectivity index (χ1v) is 12.5. The zero-order chi connectivity index (χ0) is 26.1. The van der Waals surface area contributed by atoms with Gasteiger partial charge in [-0.1, -0.05) is 68.8 Å². The van der Waals surface area contributed by atoms with Gasteiger partial charge in [0.2, 0.25) is 0 Å². The fourth-order valence-electron chi connectivity index (χ4n) is 4.71. The summed E-state index contributed by atoms with van der Waals surface area (Å²) in [7, 11) is 0. The molecule has 0 aliphatic carbocycles. The zero-order valence-electron chi connectivity index (χ0n) is 21.2. The SMILES string of the molecule is CC(C)(C)c1ccc(C[C@]2(C)Cc3cc(C(=O)N(CC(=O)O)Cc4cccc(Cl)c4)ccc3O2)cc1. The molecule has 6 heteroatoms. The summed E-state index contributed by atoms with van der Waals surface area (Å²) >= 11 is 6.07. The van der Waals surface area contributed by atoms with Crippen molar-refractivity contribution in [1.29, 1.82) is 0 Å². The van der Waals surface area contributed by atoms with Crippen molar-refractivity contribution in [2.45, 2.75) is 58.1 Å². The molecule has 0 aromatic heterocycles. The molecule has 1 aliphatic rings. The van der Waals surface area contributed by atoms with Gasteiger partial charge in [0.05, 0.1) is 0 Å². The Bertz CT molecular complexity index is 1280. The van der Waals surface area contributed by atoms with Crippen molar-refractivity contribution in [2.24, 2.45) is 0 Å². The quantitative estimate of drug-likeness (QED) is 0.409. The summed E-state index contributed by atoms with van der Waals surface area (Å²) in [6, 6.07) is 21.1. The largest absolute Gasteiger partial charge is 0.487 e. The molecule has 4 rings (SSSR count). The van der Waals surface area contributed by atoms with Crippen LogP contribution in [0.2, 0.25) is 5.02 Å². The molecular weight excluding hydrogens is 474 g/mol. The molecule has 0 saturated heterocycles. The Morgan fingerprint density at radius 1 is 1.03 bits per heavy atom. The van der Waals surface area contributed by atoms with Crippen molar-refractivity contribution in [1.82, 2.24) is 4.90 Å². The van der Waals surface area contributed by atoms with Gasteiger partial charge in [-0.2, -0.15) is 0 Å². The number of ether oxygens (including phenoxy) is 1. The van der Waals surface area contributed by atoms with Gasteiger partial charge in [-0.3, -0.25) is 9.59 Å². The molecule has 0 radical (unpaired) electrons. The average molecular weight is 506 g/mol. The molecule has 1 N–H and O–H groups in total. The van der Waals surface area contributed by atoms with Crippen LogP contribution in [-0.4, -0.2) is 34.0 Å². The number of aliphatic carboxylic acids is 1. The molecule has 0 unspecified atom stereocenters. The lowest BCUT2D eigenvalue weighted by Gasteiger charge is -2.25. The first kappa shape index (κ1) is 25.8. The van der Waals surface area contributed by atoms with Gasteiger partial charge in [0.1, 0.15) is 17.9 Å². The number of carbonyl (C=O) groups excluding carboxylic acids is 1. The lowest BCUT2D eigenvalue weighted by Crippen LogP contribution is -2.35. The predicted molar refractivity (Wildman–Crippen MR) is 142 cm³/mol. The number of fused-ring (bicyclic) bond motifs is 1. The predicted octanol–water partition coefficient (Wildman–Crippen LogP) is 6.30. The number of hydrogen-bond acceptors (Lipinski definition) is 3. The Morgan fingerprint density at radius 2 is 1.75 bits per heavy atom. The van der Waals surface area contributed by atoms with Crippen LogP contribution in [0.1, 0.15) is 60.3 Å². The minimum Gasteiger partial charge on any atom is -0.487 e. The van der Waals surface area contributed by atoms with Gasteiger partial charge in [-0.05, 0) is 64.9 Å². The van der Waals surface area contributed by atoms with Gasteiger partial charge in [0.25, 0.3) is 5.91 Å². The van der Waals surface area contributed by atoms with E-state index >= 15 is 0 Å². The summed E-state index contributed by atoms with van der Waals surface area (Å²) < 4.78 is 6.33. The maximum absolute atomic E-state index is 13.3. The van der Waals surface area contributed by atoms with Gasteiger partial charge in [0, 0.05) is 30.0 Å². The lowest BCUT2D eigenvalue weighted by molar-refractivity contribution is -0.137. The molecule has 3 aromatic rings. The third-order valence-electron chi connectivity index (χ3n) is 6.50. The number of carbonyl (C=O) groups is 2. The summed E-state index contributed by atoms with van der Waals surface area (Å²) in [5.41, 5.74) is 4.34. The van der Waals surface area contributed by atoms with Crippen molar-refractivity contribution in [2.75, 3.05) is 6.54 Å². The van der Waals surface area contributed by atoms with Crippen LogP contribution in [0.15, 0.2) is 66.7 Å². The molecule has 1 heterocycles. The third-order valence-corrected chi connectivity index (χ3v) is 6.74. The summed E-state index contributed by atoms with van der Waals surface area (Å²) in [5.74, 6) is -0.647.